The third-order valence-corrected chi connectivity index (χ3v) is 6.13. The number of benzene rings is 2. The number of carbonyl (C=O) groups excluding carboxylic acids is 1. The van der Waals surface area contributed by atoms with Gasteiger partial charge in [0.25, 0.3) is 11.5 Å². The van der Waals surface area contributed by atoms with Gasteiger partial charge in [0.05, 0.1) is 16.3 Å². The van der Waals surface area contributed by atoms with E-state index in [4.69, 9.17) is 0 Å². The van der Waals surface area contributed by atoms with Crippen molar-refractivity contribution in [3.05, 3.63) is 116 Å². The summed E-state index contributed by atoms with van der Waals surface area (Å²) in [6, 6.07) is 23.8. The molecule has 0 aliphatic rings. The first-order chi connectivity index (χ1) is 16.1. The molecule has 1 unspecified atom stereocenters. The van der Waals surface area contributed by atoms with E-state index in [-0.39, 0.29) is 21.8 Å². The number of hydrogen-bond acceptors (Lipinski definition) is 5. The standard InChI is InChI=1S/C26H20N4O2S/c1-18(20-8-4-2-5-9-20)29-24(31)22(17-27)26-30(21-10-6-3-7-11-21)25(32)23(33-26)16-19-12-14-28-15-13-19/h2-16,18H,1H3,(H,29,31)/b23-16+,26-22+. The van der Waals surface area contributed by atoms with Crippen molar-refractivity contribution in [2.75, 3.05) is 0 Å². The molecule has 1 amide bonds. The van der Waals surface area contributed by atoms with Crippen LogP contribution in [0, 0.1) is 11.3 Å². The zero-order valence-electron chi connectivity index (χ0n) is 17.8. The van der Waals surface area contributed by atoms with Gasteiger partial charge in [0.2, 0.25) is 0 Å². The lowest BCUT2D eigenvalue weighted by Crippen LogP contribution is -2.34. The Bertz CT molecular complexity index is 1490. The van der Waals surface area contributed by atoms with Crippen molar-refractivity contribution in [1.82, 2.24) is 14.9 Å². The Morgan fingerprint density at radius 2 is 1.70 bits per heavy atom. The molecule has 7 heteroatoms. The summed E-state index contributed by atoms with van der Waals surface area (Å²) in [5.74, 6) is -0.532. The van der Waals surface area contributed by atoms with Gasteiger partial charge in [-0.2, -0.15) is 5.26 Å². The average molecular weight is 453 g/mol. The molecule has 4 aromatic rings. The van der Waals surface area contributed by atoms with Gasteiger partial charge in [0.15, 0.2) is 5.57 Å². The molecule has 4 rings (SSSR count). The molecule has 2 aromatic heterocycles. The molecule has 0 aliphatic carbocycles. The summed E-state index contributed by atoms with van der Waals surface area (Å²) in [4.78, 5) is 30.5. The van der Waals surface area contributed by atoms with Crippen LogP contribution in [0.15, 0.2) is 90.0 Å². The lowest BCUT2D eigenvalue weighted by atomic mass is 10.1. The smallest absolute Gasteiger partial charge is 0.273 e. The van der Waals surface area contributed by atoms with Crippen LogP contribution in [0.25, 0.3) is 17.3 Å². The average Bonchev–Trinajstić information content (AvgIpc) is 3.16. The normalized spacial score (nSPS) is 13.2. The predicted octanol–water partition coefficient (Wildman–Crippen LogP) is 2.67. The SMILES string of the molecule is CC(NC(=O)/C(C#N)=c1/s/c(=C/c2ccncc2)c(=O)n1-c1ccccc1)c1ccccc1. The predicted molar refractivity (Wildman–Crippen MR) is 129 cm³/mol. The summed E-state index contributed by atoms with van der Waals surface area (Å²) >= 11 is 1.11. The van der Waals surface area contributed by atoms with Gasteiger partial charge in [-0.25, -0.2) is 0 Å². The van der Waals surface area contributed by atoms with Crippen molar-refractivity contribution in [3.8, 4) is 11.8 Å². The molecule has 0 spiro atoms. The molecule has 0 bridgehead atoms. The topological polar surface area (TPSA) is 87.8 Å². The molecule has 0 radical (unpaired) electrons. The van der Waals surface area contributed by atoms with E-state index in [1.165, 1.54) is 4.57 Å². The van der Waals surface area contributed by atoms with Crippen LogP contribution < -0.4 is 20.1 Å². The van der Waals surface area contributed by atoms with Crippen LogP contribution in [-0.4, -0.2) is 15.5 Å². The van der Waals surface area contributed by atoms with Crippen molar-refractivity contribution in [1.29, 1.82) is 5.26 Å². The first-order valence-corrected chi connectivity index (χ1v) is 11.1. The molecule has 0 fully saturated rings. The van der Waals surface area contributed by atoms with E-state index < -0.39 is 5.91 Å². The maximum atomic E-state index is 13.4. The summed E-state index contributed by atoms with van der Waals surface area (Å²) in [6.45, 7) is 1.85. The first-order valence-electron chi connectivity index (χ1n) is 10.3. The van der Waals surface area contributed by atoms with E-state index >= 15 is 0 Å². The van der Waals surface area contributed by atoms with Crippen molar-refractivity contribution in [3.63, 3.8) is 0 Å². The van der Waals surface area contributed by atoms with Gasteiger partial charge in [-0.1, -0.05) is 48.5 Å². The molecule has 33 heavy (non-hydrogen) atoms. The number of carbonyl (C=O) groups is 1. The van der Waals surface area contributed by atoms with Gasteiger partial charge in [0, 0.05) is 12.4 Å². The molecular formula is C26H20N4O2S. The van der Waals surface area contributed by atoms with E-state index in [0.717, 1.165) is 22.5 Å². The number of hydrogen-bond donors (Lipinski definition) is 1. The van der Waals surface area contributed by atoms with Gasteiger partial charge < -0.3 is 5.32 Å². The van der Waals surface area contributed by atoms with Gasteiger partial charge in [-0.3, -0.25) is 19.1 Å². The van der Waals surface area contributed by atoms with Crippen LogP contribution in [0.3, 0.4) is 0 Å². The van der Waals surface area contributed by atoms with Gasteiger partial charge in [-0.15, -0.1) is 11.3 Å². The number of nitrogens with one attached hydrogen (secondary N) is 1. The Hall–Kier alpha value is -4.28. The molecular weight excluding hydrogens is 432 g/mol. The largest absolute Gasteiger partial charge is 0.345 e. The molecule has 2 aromatic carbocycles. The number of nitriles is 1. The number of aromatic nitrogens is 2. The van der Waals surface area contributed by atoms with Crippen molar-refractivity contribution in [2.24, 2.45) is 0 Å². The van der Waals surface area contributed by atoms with Crippen LogP contribution in [0.4, 0.5) is 0 Å². The molecule has 0 aliphatic heterocycles. The summed E-state index contributed by atoms with van der Waals surface area (Å²) in [5.41, 5.74) is 1.89. The Balaban J connectivity index is 1.89. The molecule has 1 N–H and O–H groups in total. The van der Waals surface area contributed by atoms with Crippen LogP contribution in [-0.2, 0) is 4.79 Å². The van der Waals surface area contributed by atoms with Crippen LogP contribution in [0.2, 0.25) is 0 Å². The first kappa shape index (κ1) is 21.9. The van der Waals surface area contributed by atoms with Crippen LogP contribution in [0.5, 0.6) is 0 Å². The van der Waals surface area contributed by atoms with Crippen molar-refractivity contribution in [2.45, 2.75) is 13.0 Å². The van der Waals surface area contributed by atoms with Gasteiger partial charge in [0.1, 0.15) is 10.7 Å². The third-order valence-electron chi connectivity index (χ3n) is 5.04. The fourth-order valence-electron chi connectivity index (χ4n) is 3.36. The Morgan fingerprint density at radius 1 is 1.06 bits per heavy atom. The minimum atomic E-state index is -0.532. The molecule has 2 heterocycles. The summed E-state index contributed by atoms with van der Waals surface area (Å²) in [7, 11) is 0. The summed E-state index contributed by atoms with van der Waals surface area (Å²) < 4.78 is 2.12. The number of amides is 1. The number of nitrogens with zero attached hydrogens (tertiary/aromatic N) is 3. The highest BCUT2D eigenvalue weighted by molar-refractivity contribution is 7.07. The minimum Gasteiger partial charge on any atom is -0.345 e. The monoisotopic (exact) mass is 452 g/mol. The van der Waals surface area contributed by atoms with E-state index in [2.05, 4.69) is 10.3 Å². The number of pyridine rings is 1. The molecule has 0 saturated heterocycles. The minimum absolute atomic E-state index is 0.113. The highest BCUT2D eigenvalue weighted by atomic mass is 32.1. The second kappa shape index (κ2) is 9.90. The Morgan fingerprint density at radius 3 is 2.33 bits per heavy atom. The highest BCUT2D eigenvalue weighted by Crippen LogP contribution is 2.12. The Labute approximate surface area is 194 Å². The van der Waals surface area contributed by atoms with Crippen LogP contribution in [0.1, 0.15) is 24.1 Å². The summed E-state index contributed by atoms with van der Waals surface area (Å²) in [5, 5.41) is 12.8. The fourth-order valence-corrected chi connectivity index (χ4v) is 4.46. The van der Waals surface area contributed by atoms with Gasteiger partial charge >= 0.3 is 0 Å². The molecule has 162 valence electrons. The molecule has 0 saturated carbocycles. The highest BCUT2D eigenvalue weighted by Gasteiger charge is 2.19. The van der Waals surface area contributed by atoms with E-state index in [1.54, 1.807) is 54.9 Å². The number of rotatable bonds is 5. The van der Waals surface area contributed by atoms with E-state index in [0.29, 0.717) is 10.2 Å². The molecule has 6 nitrogen and oxygen atoms in total. The van der Waals surface area contributed by atoms with Gasteiger partial charge in [-0.05, 0) is 48.4 Å². The quantitative estimate of drug-likeness (QED) is 0.504. The van der Waals surface area contributed by atoms with Crippen molar-refractivity contribution >= 4 is 28.9 Å². The lowest BCUT2D eigenvalue weighted by Gasteiger charge is -2.13. The molecule has 1 atom stereocenters. The maximum Gasteiger partial charge on any atom is 0.273 e. The van der Waals surface area contributed by atoms with E-state index in [1.807, 2.05) is 49.4 Å². The zero-order valence-corrected chi connectivity index (χ0v) is 18.6. The van der Waals surface area contributed by atoms with E-state index in [9.17, 15) is 14.9 Å². The fraction of sp³-hybridized carbons (Fsp3) is 0.0769. The summed E-state index contributed by atoms with van der Waals surface area (Å²) in [6.07, 6.45) is 5.01. The second-order valence-electron chi connectivity index (χ2n) is 7.27. The number of para-hydroxylation sites is 1. The lowest BCUT2D eigenvalue weighted by molar-refractivity contribution is -0.116. The zero-order chi connectivity index (χ0) is 23.2. The number of thiazole rings is 1. The second-order valence-corrected chi connectivity index (χ2v) is 8.30. The van der Waals surface area contributed by atoms with Crippen LogP contribution >= 0.6 is 11.3 Å². The Kier molecular flexibility index (Phi) is 6.58. The van der Waals surface area contributed by atoms with Crippen molar-refractivity contribution < 1.29 is 4.79 Å². The third kappa shape index (κ3) is 4.81. The maximum absolute atomic E-state index is 13.4.